The zero-order chi connectivity index (χ0) is 48.4. The van der Waals surface area contributed by atoms with E-state index >= 15 is 0 Å². The summed E-state index contributed by atoms with van der Waals surface area (Å²) in [6, 6.07) is 92.9. The van der Waals surface area contributed by atoms with Crippen molar-refractivity contribution in [2.24, 2.45) is 0 Å². The van der Waals surface area contributed by atoms with Crippen LogP contribution in [0.4, 0.5) is 0 Å². The van der Waals surface area contributed by atoms with E-state index in [4.69, 9.17) is 8.83 Å². The molecule has 0 radical (unpaired) electrons. The number of furan rings is 2. The molecule has 0 bridgehead atoms. The standard InChI is InChI=1S/C72H42O2/c1-2-19-45(20-3-1)64-50-22-6-10-26-54(50)67(55-27-11-7-23-51(55)64)60-41-49-42-61(72-70(59-31-15-17-33-63(59)74-72)66(49)69-58-30-14-16-32-62(58)73-71(60)69)68-56-28-12-8-24-52(56)65(53-25-9-13-29-57(53)68)46-37-34-44(35-38-46)48-39-36-43-18-4-5-21-47(43)40-48/h1-42H. The molecule has 16 aromatic rings. The number of para-hydroxylation sites is 2. The molecule has 16 rings (SSSR count). The topological polar surface area (TPSA) is 26.3 Å². The van der Waals surface area contributed by atoms with Gasteiger partial charge in [0, 0.05) is 49.2 Å². The lowest BCUT2D eigenvalue weighted by Crippen LogP contribution is -1.93. The average Bonchev–Trinajstić information content (AvgIpc) is 4.13. The van der Waals surface area contributed by atoms with E-state index in [0.29, 0.717) is 0 Å². The van der Waals surface area contributed by atoms with Crippen molar-refractivity contribution in [2.45, 2.75) is 0 Å². The van der Waals surface area contributed by atoms with E-state index in [9.17, 15) is 0 Å². The lowest BCUT2D eigenvalue weighted by molar-refractivity contribution is 0.670. The first-order valence-electron chi connectivity index (χ1n) is 25.5. The molecule has 2 heterocycles. The van der Waals surface area contributed by atoms with Gasteiger partial charge in [-0.2, -0.15) is 0 Å². The van der Waals surface area contributed by atoms with Crippen LogP contribution in [0.3, 0.4) is 0 Å². The summed E-state index contributed by atoms with van der Waals surface area (Å²) in [5, 5.41) is 18.6. The molecule has 0 amide bonds. The van der Waals surface area contributed by atoms with Gasteiger partial charge in [-0.25, -0.2) is 0 Å². The zero-order valence-electron chi connectivity index (χ0n) is 40.1. The third-order valence-corrected chi connectivity index (χ3v) is 15.8. The highest BCUT2D eigenvalue weighted by Gasteiger charge is 2.27. The van der Waals surface area contributed by atoms with Crippen LogP contribution >= 0.6 is 0 Å². The molecule has 0 N–H and O–H groups in total. The Kier molecular flexibility index (Phi) is 8.78. The summed E-state index contributed by atoms with van der Waals surface area (Å²) in [6.45, 7) is 0. The summed E-state index contributed by atoms with van der Waals surface area (Å²) in [7, 11) is 0. The number of hydrogen-bond donors (Lipinski definition) is 0. The Morgan fingerprint density at radius 1 is 0.203 bits per heavy atom. The first-order valence-corrected chi connectivity index (χ1v) is 25.5. The molecule has 0 unspecified atom stereocenters. The fourth-order valence-electron chi connectivity index (χ4n) is 12.6. The van der Waals surface area contributed by atoms with Gasteiger partial charge in [-0.3, -0.25) is 0 Å². The fraction of sp³-hybridized carbons (Fsp3) is 0. The van der Waals surface area contributed by atoms with Crippen molar-refractivity contribution in [3.05, 3.63) is 255 Å². The van der Waals surface area contributed by atoms with Gasteiger partial charge in [-0.15, -0.1) is 0 Å². The highest BCUT2D eigenvalue weighted by molar-refractivity contribution is 6.37. The van der Waals surface area contributed by atoms with E-state index in [0.717, 1.165) is 76.9 Å². The van der Waals surface area contributed by atoms with E-state index in [1.54, 1.807) is 0 Å². The molecule has 14 aromatic carbocycles. The molecule has 2 nitrogen and oxygen atoms in total. The van der Waals surface area contributed by atoms with Crippen molar-refractivity contribution in [3.63, 3.8) is 0 Å². The van der Waals surface area contributed by atoms with Gasteiger partial charge < -0.3 is 8.83 Å². The van der Waals surface area contributed by atoms with Crippen LogP contribution in [0.5, 0.6) is 0 Å². The molecule has 0 saturated heterocycles. The molecular weight excluding hydrogens is 897 g/mol. The molecule has 342 valence electrons. The molecule has 0 aliphatic heterocycles. The predicted molar refractivity (Wildman–Crippen MR) is 313 cm³/mol. The average molecular weight is 939 g/mol. The molecule has 2 heteroatoms. The molecule has 74 heavy (non-hydrogen) atoms. The van der Waals surface area contributed by atoms with Crippen LogP contribution in [0.25, 0.3) is 164 Å². The second-order valence-corrected chi connectivity index (χ2v) is 19.7. The Balaban J connectivity index is 1.02. The normalized spacial score (nSPS) is 12.1. The van der Waals surface area contributed by atoms with Crippen molar-refractivity contribution in [2.75, 3.05) is 0 Å². The van der Waals surface area contributed by atoms with Crippen molar-refractivity contribution in [3.8, 4) is 55.6 Å². The molecule has 0 atom stereocenters. The van der Waals surface area contributed by atoms with Gasteiger partial charge >= 0.3 is 0 Å². The van der Waals surface area contributed by atoms with Gasteiger partial charge in [0.1, 0.15) is 22.3 Å². The predicted octanol–water partition coefficient (Wildman–Crippen LogP) is 20.7. The Morgan fingerprint density at radius 3 is 1.03 bits per heavy atom. The van der Waals surface area contributed by atoms with Crippen LogP contribution < -0.4 is 0 Å². The summed E-state index contributed by atoms with van der Waals surface area (Å²) in [5.41, 5.74) is 15.1. The monoisotopic (exact) mass is 938 g/mol. The lowest BCUT2D eigenvalue weighted by Gasteiger charge is -2.20. The Morgan fingerprint density at radius 2 is 0.554 bits per heavy atom. The summed E-state index contributed by atoms with van der Waals surface area (Å²) in [6.07, 6.45) is 0. The Labute approximate surface area is 425 Å². The number of benzene rings is 14. The van der Waals surface area contributed by atoms with E-state index in [2.05, 4.69) is 255 Å². The van der Waals surface area contributed by atoms with Gasteiger partial charge in [0.05, 0.1) is 0 Å². The molecule has 0 spiro atoms. The molecule has 0 fully saturated rings. The van der Waals surface area contributed by atoms with Crippen LogP contribution in [-0.2, 0) is 0 Å². The van der Waals surface area contributed by atoms with Gasteiger partial charge in [0.25, 0.3) is 0 Å². The van der Waals surface area contributed by atoms with Crippen LogP contribution in [0.15, 0.2) is 264 Å². The number of fused-ring (bicyclic) bond motifs is 14. The van der Waals surface area contributed by atoms with Crippen molar-refractivity contribution in [1.82, 2.24) is 0 Å². The SMILES string of the molecule is c1ccc(-c2c3ccccc3c(-c3cc4cc(-c5c6ccccc6c(-c6ccc(-c7ccc8ccccc8c7)cc6)c6ccccc56)c5oc6ccccc6c5c4c4c3oc3ccccc34)c3ccccc23)cc1. The Bertz CT molecular complexity index is 4880. The van der Waals surface area contributed by atoms with Gasteiger partial charge in [0.15, 0.2) is 0 Å². The number of rotatable bonds is 5. The first-order chi connectivity index (χ1) is 36.7. The summed E-state index contributed by atoms with van der Waals surface area (Å²) in [5.74, 6) is 0. The highest BCUT2D eigenvalue weighted by atomic mass is 16.3. The third-order valence-electron chi connectivity index (χ3n) is 15.8. The van der Waals surface area contributed by atoms with Crippen LogP contribution in [0, 0.1) is 0 Å². The van der Waals surface area contributed by atoms with E-state index < -0.39 is 0 Å². The molecule has 2 aromatic heterocycles. The second kappa shape index (κ2) is 15.9. The third kappa shape index (κ3) is 5.94. The van der Waals surface area contributed by atoms with E-state index in [-0.39, 0.29) is 0 Å². The second-order valence-electron chi connectivity index (χ2n) is 19.7. The molecular formula is C72H42O2. The summed E-state index contributed by atoms with van der Waals surface area (Å²) >= 11 is 0. The van der Waals surface area contributed by atoms with Crippen molar-refractivity contribution >= 4 is 109 Å². The maximum Gasteiger partial charge on any atom is 0.143 e. The maximum absolute atomic E-state index is 7.23. The molecule has 0 aliphatic rings. The van der Waals surface area contributed by atoms with Crippen LogP contribution in [0.2, 0.25) is 0 Å². The van der Waals surface area contributed by atoms with Crippen LogP contribution in [-0.4, -0.2) is 0 Å². The fourth-order valence-corrected chi connectivity index (χ4v) is 12.6. The summed E-state index contributed by atoms with van der Waals surface area (Å²) < 4.78 is 14.4. The highest BCUT2D eigenvalue weighted by Crippen LogP contribution is 2.53. The lowest BCUT2D eigenvalue weighted by atomic mass is 9.83. The zero-order valence-corrected chi connectivity index (χ0v) is 40.1. The maximum atomic E-state index is 7.23. The van der Waals surface area contributed by atoms with Crippen molar-refractivity contribution < 1.29 is 8.83 Å². The van der Waals surface area contributed by atoms with Crippen molar-refractivity contribution in [1.29, 1.82) is 0 Å². The quantitative estimate of drug-likeness (QED) is 0.161. The van der Waals surface area contributed by atoms with Gasteiger partial charge in [-0.05, 0) is 123 Å². The van der Waals surface area contributed by atoms with E-state index in [1.165, 1.54) is 87.2 Å². The number of hydrogen-bond acceptors (Lipinski definition) is 2. The molecule has 0 aliphatic carbocycles. The van der Waals surface area contributed by atoms with Gasteiger partial charge in [-0.1, -0.05) is 224 Å². The van der Waals surface area contributed by atoms with E-state index in [1.807, 2.05) is 0 Å². The largest absolute Gasteiger partial charge is 0.455 e. The first kappa shape index (κ1) is 40.9. The minimum atomic E-state index is 0.853. The smallest absolute Gasteiger partial charge is 0.143 e. The summed E-state index contributed by atoms with van der Waals surface area (Å²) in [4.78, 5) is 0. The minimum absolute atomic E-state index is 0.853. The molecule has 0 saturated carbocycles. The Hall–Kier alpha value is -9.76. The van der Waals surface area contributed by atoms with Gasteiger partial charge in [0.2, 0.25) is 0 Å². The van der Waals surface area contributed by atoms with Crippen LogP contribution in [0.1, 0.15) is 0 Å². The minimum Gasteiger partial charge on any atom is -0.455 e.